The quantitative estimate of drug-likeness (QED) is 0.233. The molecule has 0 bridgehead atoms. The fourth-order valence-electron chi connectivity index (χ4n) is 5.23. The number of aliphatic hydroxyl groups is 1. The molecule has 1 aliphatic carbocycles. The van der Waals surface area contributed by atoms with E-state index in [1.807, 2.05) is 0 Å². The van der Waals surface area contributed by atoms with Crippen LogP contribution in [0.25, 0.3) is 16.6 Å². The van der Waals surface area contributed by atoms with E-state index < -0.39 is 23.2 Å². The normalized spacial score (nSPS) is 17.3. The Morgan fingerprint density at radius 3 is 2.45 bits per heavy atom. The molecule has 0 unspecified atom stereocenters. The molecule has 0 radical (unpaired) electrons. The van der Waals surface area contributed by atoms with Gasteiger partial charge in [0.2, 0.25) is 0 Å². The number of ether oxygens (including phenoxy) is 2. The minimum Gasteiger partial charge on any atom is -0.490 e. The molecule has 5 rings (SSSR count). The topological polar surface area (TPSA) is 128 Å². The zero-order valence-corrected chi connectivity index (χ0v) is 24.2. The predicted molar refractivity (Wildman–Crippen MR) is 157 cm³/mol. The molecule has 0 aliphatic heterocycles. The summed E-state index contributed by atoms with van der Waals surface area (Å²) in [6.45, 7) is 3.37. The number of carbonyl (C=O) groups excluding carboxylic acids is 2. The lowest BCUT2D eigenvalue weighted by Gasteiger charge is -2.30. The third kappa shape index (κ3) is 7.13. The van der Waals surface area contributed by atoms with E-state index in [-0.39, 0.29) is 47.1 Å². The van der Waals surface area contributed by atoms with E-state index in [1.165, 1.54) is 47.1 Å². The van der Waals surface area contributed by atoms with Gasteiger partial charge in [-0.25, -0.2) is 4.52 Å². The van der Waals surface area contributed by atoms with Crippen molar-refractivity contribution in [1.29, 1.82) is 0 Å². The number of benzene rings is 2. The Morgan fingerprint density at radius 1 is 1.05 bits per heavy atom. The lowest BCUT2D eigenvalue weighted by Crippen LogP contribution is -2.39. The summed E-state index contributed by atoms with van der Waals surface area (Å²) in [5.41, 5.74) is 5.06. The van der Waals surface area contributed by atoms with Crippen LogP contribution in [0.5, 0.6) is 11.5 Å². The summed E-state index contributed by atoms with van der Waals surface area (Å²) >= 11 is 0. The van der Waals surface area contributed by atoms with E-state index >= 15 is 0 Å². The zero-order valence-electron chi connectivity index (χ0n) is 24.2. The van der Waals surface area contributed by atoms with Crippen molar-refractivity contribution in [2.45, 2.75) is 63.5 Å². The highest BCUT2D eigenvalue weighted by Crippen LogP contribution is 2.39. The molecule has 12 heteroatoms. The van der Waals surface area contributed by atoms with Crippen molar-refractivity contribution in [3.8, 4) is 22.6 Å². The van der Waals surface area contributed by atoms with Gasteiger partial charge in [-0.05, 0) is 81.0 Å². The van der Waals surface area contributed by atoms with Crippen molar-refractivity contribution >= 4 is 17.3 Å². The smallest absolute Gasteiger partial charge is 0.417 e. The summed E-state index contributed by atoms with van der Waals surface area (Å²) in [6.07, 6.45) is 0.508. The second kappa shape index (κ2) is 12.2. The van der Waals surface area contributed by atoms with Gasteiger partial charge in [-0.2, -0.15) is 18.3 Å². The summed E-state index contributed by atoms with van der Waals surface area (Å²) in [4.78, 5) is 25.2. The van der Waals surface area contributed by atoms with Crippen molar-refractivity contribution in [2.24, 2.45) is 5.73 Å². The fraction of sp³-hybridized carbons (Fsp3) is 0.344. The van der Waals surface area contributed by atoms with Crippen LogP contribution >= 0.6 is 0 Å². The van der Waals surface area contributed by atoms with Gasteiger partial charge in [0.25, 0.3) is 11.8 Å². The largest absolute Gasteiger partial charge is 0.490 e. The van der Waals surface area contributed by atoms with E-state index in [4.69, 9.17) is 15.2 Å². The van der Waals surface area contributed by atoms with Crippen LogP contribution < -0.4 is 20.5 Å². The summed E-state index contributed by atoms with van der Waals surface area (Å²) in [5.74, 6) is -0.401. The van der Waals surface area contributed by atoms with Crippen LogP contribution in [0.3, 0.4) is 0 Å². The maximum Gasteiger partial charge on any atom is 0.417 e. The molecule has 2 heterocycles. The molecule has 4 aromatic rings. The number of pyridine rings is 1. The van der Waals surface area contributed by atoms with E-state index in [0.29, 0.717) is 42.5 Å². The van der Waals surface area contributed by atoms with E-state index in [2.05, 4.69) is 10.4 Å². The Balaban J connectivity index is 1.23. The third-order valence-corrected chi connectivity index (χ3v) is 7.42. The van der Waals surface area contributed by atoms with E-state index in [1.54, 1.807) is 32.2 Å². The highest BCUT2D eigenvalue weighted by Gasteiger charge is 2.34. The number of primary amides is 1. The van der Waals surface area contributed by atoms with Crippen LogP contribution in [0.1, 0.15) is 65.8 Å². The maximum absolute atomic E-state index is 13.6. The number of fused-ring (bicyclic) bond motifs is 1. The molecule has 0 saturated heterocycles. The number of aromatic nitrogens is 2. The Morgan fingerprint density at radius 2 is 1.77 bits per heavy atom. The number of hydrogen-bond acceptors (Lipinski definition) is 6. The minimum atomic E-state index is -4.55. The SMILES string of the molecule is CC(C)(O)COc1ccc2c(C(=O)NC3CCC(Oc4cc(-c5ccccc5C(F)(F)F)ccc4C(N)=O)CC3)cnn2c1. The average molecular weight is 611 g/mol. The number of nitrogens with one attached hydrogen (secondary N) is 1. The number of hydrogen-bond donors (Lipinski definition) is 3. The number of amides is 2. The molecular weight excluding hydrogens is 577 g/mol. The first kappa shape index (κ1) is 30.9. The Kier molecular flexibility index (Phi) is 8.55. The summed E-state index contributed by atoms with van der Waals surface area (Å²) in [6, 6.07) is 12.7. The molecular formula is C32H33F3N4O5. The Labute approximate surface area is 251 Å². The highest BCUT2D eigenvalue weighted by atomic mass is 19.4. The summed E-state index contributed by atoms with van der Waals surface area (Å²) in [7, 11) is 0. The van der Waals surface area contributed by atoms with Crippen molar-refractivity contribution in [3.05, 3.63) is 83.7 Å². The van der Waals surface area contributed by atoms with Gasteiger partial charge in [0.15, 0.2) is 0 Å². The standard InChI is InChI=1S/C32H33F3N4O5/c1-31(2,42)18-43-22-12-14-27-25(16-37-39(27)17-22)30(41)38-20-8-10-21(11-9-20)44-28-15-19(7-13-24(28)29(36)40)23-5-3-4-6-26(23)32(33,34)35/h3-7,12-17,20-21,42H,8-11,18H2,1-2H3,(H2,36,40)(H,38,41). The molecule has 0 atom stereocenters. The van der Waals surface area contributed by atoms with Gasteiger partial charge in [0.1, 0.15) is 18.1 Å². The Hall–Kier alpha value is -4.58. The second-order valence-corrected chi connectivity index (χ2v) is 11.5. The zero-order chi connectivity index (χ0) is 31.6. The number of nitrogens with two attached hydrogens (primary N) is 1. The third-order valence-electron chi connectivity index (χ3n) is 7.42. The summed E-state index contributed by atoms with van der Waals surface area (Å²) in [5, 5.41) is 17.2. The van der Waals surface area contributed by atoms with Gasteiger partial charge >= 0.3 is 6.18 Å². The monoisotopic (exact) mass is 610 g/mol. The van der Waals surface area contributed by atoms with Crippen LogP contribution in [0.15, 0.2) is 67.0 Å². The fourth-order valence-corrected chi connectivity index (χ4v) is 5.23. The molecule has 44 heavy (non-hydrogen) atoms. The molecule has 2 aromatic heterocycles. The van der Waals surface area contributed by atoms with Gasteiger partial charge in [-0.15, -0.1) is 0 Å². The first-order valence-electron chi connectivity index (χ1n) is 14.2. The van der Waals surface area contributed by atoms with Crippen LogP contribution in [0.2, 0.25) is 0 Å². The van der Waals surface area contributed by atoms with Crippen molar-refractivity contribution in [3.63, 3.8) is 0 Å². The molecule has 232 valence electrons. The van der Waals surface area contributed by atoms with E-state index in [9.17, 15) is 27.9 Å². The first-order chi connectivity index (χ1) is 20.8. The van der Waals surface area contributed by atoms with Gasteiger partial charge in [0.05, 0.1) is 46.3 Å². The molecule has 4 N–H and O–H groups in total. The number of nitrogens with zero attached hydrogens (tertiary/aromatic N) is 2. The Bertz CT molecular complexity index is 1670. The number of halogens is 3. The molecule has 0 spiro atoms. The predicted octanol–water partition coefficient (Wildman–Crippen LogP) is 5.39. The number of alkyl halides is 3. The molecule has 1 saturated carbocycles. The van der Waals surface area contributed by atoms with Crippen molar-refractivity contribution in [1.82, 2.24) is 14.9 Å². The van der Waals surface area contributed by atoms with Crippen LogP contribution in [0, 0.1) is 0 Å². The molecule has 9 nitrogen and oxygen atoms in total. The van der Waals surface area contributed by atoms with Crippen molar-refractivity contribution in [2.75, 3.05) is 6.61 Å². The lowest BCUT2D eigenvalue weighted by molar-refractivity contribution is -0.137. The maximum atomic E-state index is 13.6. The summed E-state index contributed by atoms with van der Waals surface area (Å²) < 4.78 is 54.2. The number of rotatable bonds is 9. The average Bonchev–Trinajstić information content (AvgIpc) is 3.40. The van der Waals surface area contributed by atoms with Gasteiger partial charge in [-0.1, -0.05) is 24.3 Å². The van der Waals surface area contributed by atoms with Crippen LogP contribution in [-0.4, -0.2) is 50.9 Å². The van der Waals surface area contributed by atoms with Crippen molar-refractivity contribution < 1.29 is 37.3 Å². The first-order valence-corrected chi connectivity index (χ1v) is 14.2. The minimum absolute atomic E-state index is 0.0298. The van der Waals surface area contributed by atoms with Crippen LogP contribution in [-0.2, 0) is 6.18 Å². The van der Waals surface area contributed by atoms with Crippen LogP contribution in [0.4, 0.5) is 13.2 Å². The molecule has 1 aliphatic rings. The van der Waals surface area contributed by atoms with Gasteiger partial charge in [-0.3, -0.25) is 9.59 Å². The highest BCUT2D eigenvalue weighted by molar-refractivity contribution is 6.00. The van der Waals surface area contributed by atoms with Gasteiger partial charge in [0, 0.05) is 6.04 Å². The molecule has 2 amide bonds. The number of carbonyl (C=O) groups is 2. The molecule has 1 fully saturated rings. The molecule has 2 aromatic carbocycles. The van der Waals surface area contributed by atoms with E-state index in [0.717, 1.165) is 6.07 Å². The van der Waals surface area contributed by atoms with Gasteiger partial charge < -0.3 is 25.6 Å². The second-order valence-electron chi connectivity index (χ2n) is 11.5. The lowest BCUT2D eigenvalue weighted by atomic mass is 9.92.